The maximum Gasteiger partial charge on any atom is 0.254 e. The van der Waals surface area contributed by atoms with Crippen molar-refractivity contribution in [3.63, 3.8) is 0 Å². The van der Waals surface area contributed by atoms with Gasteiger partial charge in [-0.1, -0.05) is 24.0 Å². The van der Waals surface area contributed by atoms with E-state index < -0.39 is 0 Å². The van der Waals surface area contributed by atoms with Crippen LogP contribution in [0.15, 0.2) is 36.7 Å². The Labute approximate surface area is 111 Å². The lowest BCUT2D eigenvalue weighted by molar-refractivity contribution is 0.0951. The molecule has 2 rings (SSSR count). The van der Waals surface area contributed by atoms with E-state index in [9.17, 15) is 4.79 Å². The third kappa shape index (κ3) is 3.69. The van der Waals surface area contributed by atoms with Crippen LogP contribution in [0.5, 0.6) is 0 Å². The fourth-order valence-corrected chi connectivity index (χ4v) is 1.52. The summed E-state index contributed by atoms with van der Waals surface area (Å²) in [7, 11) is 0. The molecule has 0 aliphatic heterocycles. The molecule has 4 N–H and O–H groups in total. The number of hydrogen-bond donors (Lipinski definition) is 3. The predicted octanol–water partition coefficient (Wildman–Crippen LogP) is 0.650. The molecule has 5 nitrogen and oxygen atoms in total. The van der Waals surface area contributed by atoms with Gasteiger partial charge in [0, 0.05) is 18.3 Å². The number of benzene rings is 1. The second-order valence-corrected chi connectivity index (χ2v) is 3.87. The number of H-pyrrole nitrogens is 1. The van der Waals surface area contributed by atoms with Gasteiger partial charge >= 0.3 is 0 Å². The highest BCUT2D eigenvalue weighted by Crippen LogP contribution is 2.03. The minimum Gasteiger partial charge on any atom is -0.348 e. The number of aromatic amines is 1. The SMILES string of the molecule is NCC#Cc1ccc(CNC(=O)c2cn[nH]c2)cc1. The Morgan fingerprint density at radius 3 is 2.79 bits per heavy atom. The van der Waals surface area contributed by atoms with Gasteiger partial charge in [0.1, 0.15) is 0 Å². The molecule has 0 spiro atoms. The molecule has 0 atom stereocenters. The van der Waals surface area contributed by atoms with Crippen molar-refractivity contribution in [3.05, 3.63) is 53.3 Å². The monoisotopic (exact) mass is 254 g/mol. The van der Waals surface area contributed by atoms with Gasteiger partial charge in [0.05, 0.1) is 18.3 Å². The Bertz CT molecular complexity index is 591. The maximum absolute atomic E-state index is 11.7. The van der Waals surface area contributed by atoms with Crippen LogP contribution in [0.4, 0.5) is 0 Å². The standard InChI is InChI=1S/C14H14N4O/c15-7-1-2-11-3-5-12(6-4-11)8-16-14(19)13-9-17-18-10-13/h3-6,9-10H,7-8,15H2,(H,16,19)(H,17,18). The van der Waals surface area contributed by atoms with E-state index in [1.165, 1.54) is 6.20 Å². The van der Waals surface area contributed by atoms with Crippen molar-refractivity contribution < 1.29 is 4.79 Å². The normalized spacial score (nSPS) is 9.53. The summed E-state index contributed by atoms with van der Waals surface area (Å²) in [5.74, 6) is 5.58. The topological polar surface area (TPSA) is 83.8 Å². The molecule has 1 amide bonds. The smallest absolute Gasteiger partial charge is 0.254 e. The van der Waals surface area contributed by atoms with Crippen molar-refractivity contribution in [2.24, 2.45) is 5.73 Å². The highest BCUT2D eigenvalue weighted by atomic mass is 16.1. The molecule has 0 radical (unpaired) electrons. The van der Waals surface area contributed by atoms with Crippen LogP contribution in [0.2, 0.25) is 0 Å². The fraction of sp³-hybridized carbons (Fsp3) is 0.143. The van der Waals surface area contributed by atoms with E-state index in [0.717, 1.165) is 11.1 Å². The first-order valence-corrected chi connectivity index (χ1v) is 5.84. The zero-order chi connectivity index (χ0) is 13.5. The Hall–Kier alpha value is -2.58. The molecule has 96 valence electrons. The van der Waals surface area contributed by atoms with Crippen LogP contribution >= 0.6 is 0 Å². The molecule has 0 aliphatic rings. The highest BCUT2D eigenvalue weighted by molar-refractivity contribution is 5.93. The third-order valence-electron chi connectivity index (χ3n) is 2.50. The van der Waals surface area contributed by atoms with E-state index in [2.05, 4.69) is 27.4 Å². The molecule has 1 aromatic heterocycles. The quantitative estimate of drug-likeness (QED) is 0.703. The predicted molar refractivity (Wildman–Crippen MR) is 72.1 cm³/mol. The molecule has 0 aliphatic carbocycles. The summed E-state index contributed by atoms with van der Waals surface area (Å²) in [5.41, 5.74) is 7.75. The van der Waals surface area contributed by atoms with E-state index in [4.69, 9.17) is 5.73 Å². The molecule has 0 saturated heterocycles. The van der Waals surface area contributed by atoms with Crippen LogP contribution < -0.4 is 11.1 Å². The molecule has 0 saturated carbocycles. The largest absolute Gasteiger partial charge is 0.348 e. The Kier molecular flexibility index (Phi) is 4.32. The first kappa shape index (κ1) is 12.9. The second-order valence-electron chi connectivity index (χ2n) is 3.87. The molecule has 1 heterocycles. The van der Waals surface area contributed by atoms with Crippen LogP contribution in [-0.4, -0.2) is 22.6 Å². The van der Waals surface area contributed by atoms with Crippen molar-refractivity contribution in [2.45, 2.75) is 6.54 Å². The summed E-state index contributed by atoms with van der Waals surface area (Å²) >= 11 is 0. The van der Waals surface area contributed by atoms with Crippen LogP contribution in [0.25, 0.3) is 0 Å². The summed E-state index contributed by atoms with van der Waals surface area (Å²) < 4.78 is 0. The summed E-state index contributed by atoms with van der Waals surface area (Å²) in [5, 5.41) is 9.14. The van der Waals surface area contributed by atoms with Crippen LogP contribution in [0.1, 0.15) is 21.5 Å². The van der Waals surface area contributed by atoms with E-state index >= 15 is 0 Å². The maximum atomic E-state index is 11.7. The minimum atomic E-state index is -0.152. The minimum absolute atomic E-state index is 0.152. The van der Waals surface area contributed by atoms with E-state index in [1.54, 1.807) is 6.20 Å². The van der Waals surface area contributed by atoms with Gasteiger partial charge in [0.25, 0.3) is 5.91 Å². The number of carbonyl (C=O) groups is 1. The summed E-state index contributed by atoms with van der Waals surface area (Å²) in [6.45, 7) is 0.817. The molecule has 19 heavy (non-hydrogen) atoms. The lowest BCUT2D eigenvalue weighted by Crippen LogP contribution is -2.22. The Morgan fingerprint density at radius 2 is 2.16 bits per heavy atom. The van der Waals surface area contributed by atoms with Gasteiger partial charge in [-0.25, -0.2) is 0 Å². The van der Waals surface area contributed by atoms with E-state index in [0.29, 0.717) is 18.7 Å². The molecule has 0 fully saturated rings. The Balaban J connectivity index is 1.91. The first-order valence-electron chi connectivity index (χ1n) is 5.84. The third-order valence-corrected chi connectivity index (χ3v) is 2.50. The van der Waals surface area contributed by atoms with Crippen molar-refractivity contribution in [1.82, 2.24) is 15.5 Å². The number of aromatic nitrogens is 2. The van der Waals surface area contributed by atoms with Gasteiger partial charge < -0.3 is 11.1 Å². The lowest BCUT2D eigenvalue weighted by atomic mass is 10.1. The molecule has 2 aromatic rings. The van der Waals surface area contributed by atoms with E-state index in [1.807, 2.05) is 24.3 Å². The zero-order valence-electron chi connectivity index (χ0n) is 10.3. The first-order chi connectivity index (χ1) is 9.29. The van der Waals surface area contributed by atoms with Gasteiger partial charge in [-0.05, 0) is 17.7 Å². The molecular weight excluding hydrogens is 240 g/mol. The summed E-state index contributed by atoms with van der Waals surface area (Å²) in [4.78, 5) is 11.7. The van der Waals surface area contributed by atoms with Gasteiger partial charge in [0.2, 0.25) is 0 Å². The van der Waals surface area contributed by atoms with E-state index in [-0.39, 0.29) is 5.91 Å². The van der Waals surface area contributed by atoms with Crippen molar-refractivity contribution in [2.75, 3.05) is 6.54 Å². The number of nitrogens with two attached hydrogens (primary N) is 1. The summed E-state index contributed by atoms with van der Waals surface area (Å²) in [6, 6.07) is 7.66. The highest BCUT2D eigenvalue weighted by Gasteiger charge is 2.05. The van der Waals surface area contributed by atoms with Crippen LogP contribution in [0.3, 0.4) is 0 Å². The zero-order valence-corrected chi connectivity index (χ0v) is 10.3. The molecule has 1 aromatic carbocycles. The van der Waals surface area contributed by atoms with Gasteiger partial charge in [0.15, 0.2) is 0 Å². The van der Waals surface area contributed by atoms with Crippen LogP contribution in [0, 0.1) is 11.8 Å². The number of nitrogens with zero attached hydrogens (tertiary/aromatic N) is 1. The molecular formula is C14H14N4O. The van der Waals surface area contributed by atoms with Crippen molar-refractivity contribution in [3.8, 4) is 11.8 Å². The number of hydrogen-bond acceptors (Lipinski definition) is 3. The average molecular weight is 254 g/mol. The molecule has 5 heteroatoms. The van der Waals surface area contributed by atoms with Crippen molar-refractivity contribution in [1.29, 1.82) is 0 Å². The number of amides is 1. The molecule has 0 unspecified atom stereocenters. The van der Waals surface area contributed by atoms with Crippen LogP contribution in [-0.2, 0) is 6.54 Å². The molecule has 0 bridgehead atoms. The average Bonchev–Trinajstić information content (AvgIpc) is 2.98. The van der Waals surface area contributed by atoms with Crippen molar-refractivity contribution >= 4 is 5.91 Å². The summed E-state index contributed by atoms with van der Waals surface area (Å²) in [6.07, 6.45) is 3.04. The lowest BCUT2D eigenvalue weighted by Gasteiger charge is -2.03. The number of nitrogens with one attached hydrogen (secondary N) is 2. The Morgan fingerprint density at radius 1 is 1.37 bits per heavy atom. The van der Waals surface area contributed by atoms with Gasteiger partial charge in [-0.3, -0.25) is 9.89 Å². The van der Waals surface area contributed by atoms with Gasteiger partial charge in [-0.2, -0.15) is 5.10 Å². The second kappa shape index (κ2) is 6.38. The fourth-order valence-electron chi connectivity index (χ4n) is 1.52. The number of carbonyl (C=O) groups excluding carboxylic acids is 1. The van der Waals surface area contributed by atoms with Gasteiger partial charge in [-0.15, -0.1) is 0 Å². The number of rotatable bonds is 3.